The van der Waals surface area contributed by atoms with E-state index >= 15 is 0 Å². The van der Waals surface area contributed by atoms with Gasteiger partial charge in [0.2, 0.25) is 0 Å². The fourth-order valence-electron chi connectivity index (χ4n) is 1.64. The maximum atomic E-state index is 12.0. The average Bonchev–Trinajstić information content (AvgIpc) is 2.32. The van der Waals surface area contributed by atoms with Crippen LogP contribution in [0.4, 0.5) is 5.69 Å². The van der Waals surface area contributed by atoms with Gasteiger partial charge in [0.15, 0.2) is 0 Å². The number of phenolic OH excluding ortho intramolecular Hbond substituents is 1. The second kappa shape index (κ2) is 5.10. The maximum absolute atomic E-state index is 12.0. The van der Waals surface area contributed by atoms with Crippen LogP contribution in [0.3, 0.4) is 0 Å². The van der Waals surface area contributed by atoms with E-state index in [1.807, 2.05) is 0 Å². The van der Waals surface area contributed by atoms with E-state index in [9.17, 15) is 9.90 Å². The smallest absolute Gasteiger partial charge is 0.255 e. The van der Waals surface area contributed by atoms with Crippen molar-refractivity contribution in [3.63, 3.8) is 0 Å². The zero-order valence-electron chi connectivity index (χ0n) is 9.77. The summed E-state index contributed by atoms with van der Waals surface area (Å²) < 4.78 is 0. The monoisotopic (exact) mass is 261 g/mol. The largest absolute Gasteiger partial charge is 0.508 e. The number of halogens is 1. The van der Waals surface area contributed by atoms with Gasteiger partial charge in [-0.1, -0.05) is 23.7 Å². The van der Waals surface area contributed by atoms with Gasteiger partial charge in [0.1, 0.15) is 5.75 Å². The SMILES string of the molecule is Cc1c(Cl)cccc1C(=O)Nc1cccc(O)c1. The zero-order valence-corrected chi connectivity index (χ0v) is 10.5. The Labute approximate surface area is 110 Å². The van der Waals surface area contributed by atoms with Gasteiger partial charge in [-0.2, -0.15) is 0 Å². The molecule has 0 radical (unpaired) electrons. The zero-order chi connectivity index (χ0) is 13.1. The lowest BCUT2D eigenvalue weighted by Gasteiger charge is -2.08. The number of anilines is 1. The van der Waals surface area contributed by atoms with E-state index in [2.05, 4.69) is 5.32 Å². The molecule has 0 unspecified atom stereocenters. The summed E-state index contributed by atoms with van der Waals surface area (Å²) >= 11 is 5.97. The van der Waals surface area contributed by atoms with Crippen molar-refractivity contribution in [1.82, 2.24) is 0 Å². The van der Waals surface area contributed by atoms with Crippen molar-refractivity contribution in [3.8, 4) is 5.75 Å². The number of phenols is 1. The van der Waals surface area contributed by atoms with Crippen molar-refractivity contribution in [1.29, 1.82) is 0 Å². The summed E-state index contributed by atoms with van der Waals surface area (Å²) in [5.41, 5.74) is 1.79. The van der Waals surface area contributed by atoms with Crippen molar-refractivity contribution in [2.24, 2.45) is 0 Å². The molecule has 0 saturated carbocycles. The van der Waals surface area contributed by atoms with Gasteiger partial charge in [-0.15, -0.1) is 0 Å². The number of rotatable bonds is 2. The highest BCUT2D eigenvalue weighted by atomic mass is 35.5. The molecule has 0 aliphatic heterocycles. The highest BCUT2D eigenvalue weighted by Crippen LogP contribution is 2.21. The van der Waals surface area contributed by atoms with Crippen LogP contribution in [0, 0.1) is 6.92 Å². The van der Waals surface area contributed by atoms with Gasteiger partial charge in [0, 0.05) is 22.3 Å². The van der Waals surface area contributed by atoms with E-state index in [-0.39, 0.29) is 11.7 Å². The van der Waals surface area contributed by atoms with Crippen LogP contribution < -0.4 is 5.32 Å². The number of carbonyl (C=O) groups is 1. The first-order valence-electron chi connectivity index (χ1n) is 5.43. The third kappa shape index (κ3) is 2.63. The fourth-order valence-corrected chi connectivity index (χ4v) is 1.81. The molecule has 0 aromatic heterocycles. The first-order chi connectivity index (χ1) is 8.58. The minimum Gasteiger partial charge on any atom is -0.508 e. The quantitative estimate of drug-likeness (QED) is 0.868. The molecule has 2 aromatic carbocycles. The van der Waals surface area contributed by atoms with Crippen molar-refractivity contribution < 1.29 is 9.90 Å². The Bertz CT molecular complexity index is 596. The molecular weight excluding hydrogens is 250 g/mol. The van der Waals surface area contributed by atoms with Crippen LogP contribution in [0.1, 0.15) is 15.9 Å². The highest BCUT2D eigenvalue weighted by Gasteiger charge is 2.11. The van der Waals surface area contributed by atoms with Crippen LogP contribution in [0.2, 0.25) is 5.02 Å². The molecule has 2 rings (SSSR count). The fraction of sp³-hybridized carbons (Fsp3) is 0.0714. The number of hydrogen-bond donors (Lipinski definition) is 2. The van der Waals surface area contributed by atoms with Gasteiger partial charge in [-0.05, 0) is 36.8 Å². The first kappa shape index (κ1) is 12.5. The Hall–Kier alpha value is -2.00. The lowest BCUT2D eigenvalue weighted by Crippen LogP contribution is -2.13. The van der Waals surface area contributed by atoms with Crippen LogP contribution in [0.5, 0.6) is 5.75 Å². The Morgan fingerprint density at radius 2 is 1.94 bits per heavy atom. The number of nitrogens with one attached hydrogen (secondary N) is 1. The van der Waals surface area contributed by atoms with Gasteiger partial charge in [-0.25, -0.2) is 0 Å². The summed E-state index contributed by atoms with van der Waals surface area (Å²) in [4.78, 5) is 12.0. The topological polar surface area (TPSA) is 49.3 Å². The molecule has 0 spiro atoms. The van der Waals surface area contributed by atoms with Crippen molar-refractivity contribution in [2.45, 2.75) is 6.92 Å². The van der Waals surface area contributed by atoms with Crippen LogP contribution >= 0.6 is 11.6 Å². The van der Waals surface area contributed by atoms with E-state index < -0.39 is 0 Å². The Morgan fingerprint density at radius 1 is 1.22 bits per heavy atom. The molecule has 18 heavy (non-hydrogen) atoms. The van der Waals surface area contributed by atoms with E-state index in [0.717, 1.165) is 5.56 Å². The Kier molecular flexibility index (Phi) is 3.53. The number of hydrogen-bond acceptors (Lipinski definition) is 2. The van der Waals surface area contributed by atoms with E-state index in [1.54, 1.807) is 43.3 Å². The molecule has 0 aliphatic carbocycles. The summed E-state index contributed by atoms with van der Waals surface area (Å²) in [5.74, 6) is -0.142. The first-order valence-corrected chi connectivity index (χ1v) is 5.81. The van der Waals surface area contributed by atoms with E-state index in [4.69, 9.17) is 11.6 Å². The third-order valence-electron chi connectivity index (χ3n) is 2.62. The molecule has 0 atom stereocenters. The molecular formula is C14H12ClNO2. The highest BCUT2D eigenvalue weighted by molar-refractivity contribution is 6.32. The maximum Gasteiger partial charge on any atom is 0.255 e. The number of amides is 1. The summed E-state index contributed by atoms with van der Waals surface area (Å²) in [7, 11) is 0. The second-order valence-electron chi connectivity index (χ2n) is 3.92. The summed E-state index contributed by atoms with van der Waals surface area (Å²) in [6.07, 6.45) is 0. The molecule has 0 aliphatic rings. The Morgan fingerprint density at radius 3 is 2.67 bits per heavy atom. The van der Waals surface area contributed by atoms with Crippen LogP contribution in [-0.4, -0.2) is 11.0 Å². The molecule has 0 heterocycles. The Balaban J connectivity index is 2.25. The summed E-state index contributed by atoms with van der Waals surface area (Å²) in [6, 6.07) is 11.6. The summed E-state index contributed by atoms with van der Waals surface area (Å²) in [6.45, 7) is 1.79. The van der Waals surface area contributed by atoms with Crippen molar-refractivity contribution in [2.75, 3.05) is 5.32 Å². The predicted molar refractivity (Wildman–Crippen MR) is 72.2 cm³/mol. The van der Waals surface area contributed by atoms with Gasteiger partial charge in [0.05, 0.1) is 0 Å². The molecule has 2 aromatic rings. The molecule has 0 fully saturated rings. The van der Waals surface area contributed by atoms with E-state index in [1.165, 1.54) is 6.07 Å². The lowest BCUT2D eigenvalue weighted by molar-refractivity contribution is 0.102. The van der Waals surface area contributed by atoms with Crippen LogP contribution in [0.25, 0.3) is 0 Å². The van der Waals surface area contributed by atoms with Crippen molar-refractivity contribution >= 4 is 23.2 Å². The molecule has 0 saturated heterocycles. The average molecular weight is 262 g/mol. The molecule has 3 nitrogen and oxygen atoms in total. The minimum atomic E-state index is -0.249. The van der Waals surface area contributed by atoms with E-state index in [0.29, 0.717) is 16.3 Å². The molecule has 0 bridgehead atoms. The van der Waals surface area contributed by atoms with Crippen molar-refractivity contribution in [3.05, 3.63) is 58.6 Å². The summed E-state index contributed by atoms with van der Waals surface area (Å²) in [5, 5.41) is 12.6. The molecule has 4 heteroatoms. The van der Waals surface area contributed by atoms with Crippen LogP contribution in [0.15, 0.2) is 42.5 Å². The number of aromatic hydroxyl groups is 1. The molecule has 92 valence electrons. The van der Waals surface area contributed by atoms with Gasteiger partial charge < -0.3 is 10.4 Å². The van der Waals surface area contributed by atoms with Crippen LogP contribution in [-0.2, 0) is 0 Å². The van der Waals surface area contributed by atoms with Gasteiger partial charge >= 0.3 is 0 Å². The number of benzene rings is 2. The predicted octanol–water partition coefficient (Wildman–Crippen LogP) is 3.61. The molecule has 1 amide bonds. The van der Waals surface area contributed by atoms with Gasteiger partial charge in [-0.3, -0.25) is 4.79 Å². The minimum absolute atomic E-state index is 0.107. The second-order valence-corrected chi connectivity index (χ2v) is 4.32. The number of carbonyl (C=O) groups excluding carboxylic acids is 1. The molecule has 2 N–H and O–H groups in total. The normalized spacial score (nSPS) is 10.1. The third-order valence-corrected chi connectivity index (χ3v) is 3.03. The van der Waals surface area contributed by atoms with Gasteiger partial charge in [0.25, 0.3) is 5.91 Å². The lowest BCUT2D eigenvalue weighted by atomic mass is 10.1. The standard InChI is InChI=1S/C14H12ClNO2/c1-9-12(6-3-7-13(9)15)14(18)16-10-4-2-5-11(17)8-10/h2-8,17H,1H3,(H,16,18).